The van der Waals surface area contributed by atoms with Crippen LogP contribution in [0.3, 0.4) is 0 Å². The number of aliphatic hydroxyl groups is 1. The number of hydrogen-bond acceptors (Lipinski definition) is 8. The third-order valence-electron chi connectivity index (χ3n) is 4.87. The van der Waals surface area contributed by atoms with E-state index in [-0.39, 0.29) is 37.0 Å². The van der Waals surface area contributed by atoms with Gasteiger partial charge in [0.2, 0.25) is 11.7 Å². The number of allylic oxidation sites excluding steroid dienone is 1. The van der Waals surface area contributed by atoms with Crippen molar-refractivity contribution in [3.8, 4) is 5.75 Å². The first-order valence-electron chi connectivity index (χ1n) is 10.4. The summed E-state index contributed by atoms with van der Waals surface area (Å²) in [6, 6.07) is 9.00. The lowest BCUT2D eigenvalue weighted by atomic mass is 10.1. The first-order valence-corrected chi connectivity index (χ1v) is 10.4. The number of nitrogens with one attached hydrogen (secondary N) is 2. The Morgan fingerprint density at radius 1 is 1.33 bits per heavy atom. The first kappa shape index (κ1) is 22.1. The van der Waals surface area contributed by atoms with Crippen molar-refractivity contribution in [1.82, 2.24) is 9.97 Å². The number of benzene rings is 1. The van der Waals surface area contributed by atoms with Gasteiger partial charge in [0.25, 0.3) is 0 Å². The summed E-state index contributed by atoms with van der Waals surface area (Å²) in [5.74, 6) is -1.04. The van der Waals surface area contributed by atoms with E-state index in [1.807, 2.05) is 19.1 Å². The minimum absolute atomic E-state index is 0.0322. The van der Waals surface area contributed by atoms with Crippen LogP contribution in [-0.2, 0) is 19.1 Å². The molecule has 9 heteroatoms. The van der Waals surface area contributed by atoms with E-state index in [1.165, 1.54) is 0 Å². The smallest absolute Gasteiger partial charge is 0.347 e. The van der Waals surface area contributed by atoms with Crippen LogP contribution in [0.2, 0.25) is 0 Å². The number of nitrogens with zero attached hydrogens (tertiary/aromatic N) is 1. The van der Waals surface area contributed by atoms with Crippen molar-refractivity contribution in [1.29, 1.82) is 0 Å². The van der Waals surface area contributed by atoms with Crippen molar-refractivity contribution >= 4 is 34.5 Å². The number of fused-ring (bicyclic) bond motifs is 1. The number of pyridine rings is 1. The number of hydrogen-bond donors (Lipinski definition) is 3. The minimum atomic E-state index is -0.793. The molecule has 3 heterocycles. The van der Waals surface area contributed by atoms with Gasteiger partial charge in [-0.1, -0.05) is 6.07 Å². The molecule has 0 aliphatic carbocycles. The number of carbonyl (C=O) groups is 2. The molecular formula is C24H23N3O6. The number of ketones is 1. The molecule has 1 aliphatic heterocycles. The number of aliphatic hydroxyl groups excluding tert-OH is 1. The predicted molar refractivity (Wildman–Crippen MR) is 121 cm³/mol. The highest BCUT2D eigenvalue weighted by Crippen LogP contribution is 2.33. The number of rotatable bonds is 8. The number of H-pyrrole nitrogens is 1. The second-order valence-corrected chi connectivity index (χ2v) is 7.20. The molecule has 4 rings (SSSR count). The van der Waals surface area contributed by atoms with Gasteiger partial charge in [-0.15, -0.1) is 0 Å². The highest BCUT2D eigenvalue weighted by molar-refractivity contribution is 6.26. The van der Waals surface area contributed by atoms with Crippen LogP contribution in [0, 0.1) is 6.92 Å². The van der Waals surface area contributed by atoms with Crippen molar-refractivity contribution in [3.63, 3.8) is 0 Å². The van der Waals surface area contributed by atoms with Crippen molar-refractivity contribution < 1.29 is 28.9 Å². The fourth-order valence-corrected chi connectivity index (χ4v) is 3.37. The van der Waals surface area contributed by atoms with E-state index in [4.69, 9.17) is 19.3 Å². The Labute approximate surface area is 189 Å². The zero-order valence-electron chi connectivity index (χ0n) is 18.2. The van der Waals surface area contributed by atoms with E-state index in [2.05, 4.69) is 15.3 Å². The number of aromatic nitrogens is 2. The SMILES string of the molecule is CCOC(=O)C1=C(Nc2ccc(C)cc2OCCO)O/C(=C\c2c[nH]c3ncccc23)C1=O. The normalized spacial score (nSPS) is 14.6. The maximum Gasteiger partial charge on any atom is 0.347 e. The molecule has 0 bridgehead atoms. The lowest BCUT2D eigenvalue weighted by Crippen LogP contribution is -2.16. The van der Waals surface area contributed by atoms with Gasteiger partial charge in [-0.05, 0) is 49.8 Å². The third-order valence-corrected chi connectivity index (χ3v) is 4.87. The molecule has 3 N–H and O–H groups in total. The molecule has 0 atom stereocenters. The monoisotopic (exact) mass is 449 g/mol. The summed E-state index contributed by atoms with van der Waals surface area (Å²) >= 11 is 0. The Bertz CT molecular complexity index is 1270. The van der Waals surface area contributed by atoms with E-state index in [1.54, 1.807) is 43.6 Å². The molecule has 0 amide bonds. The van der Waals surface area contributed by atoms with Gasteiger partial charge in [-0.25, -0.2) is 9.78 Å². The molecule has 170 valence electrons. The Morgan fingerprint density at radius 3 is 2.97 bits per heavy atom. The highest BCUT2D eigenvalue weighted by atomic mass is 16.5. The van der Waals surface area contributed by atoms with Gasteiger partial charge in [0.1, 0.15) is 18.0 Å². The second-order valence-electron chi connectivity index (χ2n) is 7.20. The molecule has 33 heavy (non-hydrogen) atoms. The molecule has 0 fully saturated rings. The van der Waals surface area contributed by atoms with Gasteiger partial charge in [0, 0.05) is 23.3 Å². The quantitative estimate of drug-likeness (QED) is 0.272. The maximum absolute atomic E-state index is 13.1. The summed E-state index contributed by atoms with van der Waals surface area (Å²) in [6.45, 7) is 3.58. The Balaban J connectivity index is 1.70. The van der Waals surface area contributed by atoms with Crippen LogP contribution in [0.4, 0.5) is 5.69 Å². The zero-order chi connectivity index (χ0) is 23.4. The number of aryl methyl sites for hydroxylation is 1. The van der Waals surface area contributed by atoms with Crippen LogP contribution in [0.1, 0.15) is 18.1 Å². The van der Waals surface area contributed by atoms with Gasteiger partial charge in [-0.3, -0.25) is 4.79 Å². The summed E-state index contributed by atoms with van der Waals surface area (Å²) < 4.78 is 16.5. The predicted octanol–water partition coefficient (Wildman–Crippen LogP) is 3.07. The van der Waals surface area contributed by atoms with Crippen LogP contribution in [-0.4, -0.2) is 46.6 Å². The fourth-order valence-electron chi connectivity index (χ4n) is 3.37. The summed E-state index contributed by atoms with van der Waals surface area (Å²) in [7, 11) is 0. The van der Waals surface area contributed by atoms with E-state index in [9.17, 15) is 9.59 Å². The average molecular weight is 449 g/mol. The molecule has 0 radical (unpaired) electrons. The molecule has 0 unspecified atom stereocenters. The largest absolute Gasteiger partial charge is 0.489 e. The number of carbonyl (C=O) groups excluding carboxylic acids is 2. The van der Waals surface area contributed by atoms with E-state index in [0.717, 1.165) is 10.9 Å². The summed E-state index contributed by atoms with van der Waals surface area (Å²) in [5, 5.41) is 12.9. The lowest BCUT2D eigenvalue weighted by molar-refractivity contribution is -0.139. The molecule has 0 saturated heterocycles. The highest BCUT2D eigenvalue weighted by Gasteiger charge is 2.37. The standard InChI is InChI=1S/C24H23N3O6/c1-3-31-24(30)20-21(29)19(12-15-13-26-22-16(15)5-4-8-25-22)33-23(20)27-17-7-6-14(2)11-18(17)32-10-9-28/h4-8,11-13,27-28H,3,9-10H2,1-2H3,(H,25,26)/b19-12-. The van der Waals surface area contributed by atoms with E-state index < -0.39 is 11.8 Å². The number of anilines is 1. The van der Waals surface area contributed by atoms with Crippen LogP contribution < -0.4 is 10.1 Å². The van der Waals surface area contributed by atoms with Crippen LogP contribution in [0.25, 0.3) is 17.1 Å². The second kappa shape index (κ2) is 9.58. The van der Waals surface area contributed by atoms with Gasteiger partial charge < -0.3 is 29.6 Å². The van der Waals surface area contributed by atoms with Crippen LogP contribution >= 0.6 is 0 Å². The Hall–Kier alpha value is -4.11. The van der Waals surface area contributed by atoms with Crippen molar-refractivity contribution in [2.75, 3.05) is 25.1 Å². The molecule has 1 aromatic carbocycles. The summed E-state index contributed by atoms with van der Waals surface area (Å²) in [6.07, 6.45) is 4.92. The number of aromatic amines is 1. The molecular weight excluding hydrogens is 426 g/mol. The fraction of sp³-hybridized carbons (Fsp3) is 0.208. The lowest BCUT2D eigenvalue weighted by Gasteiger charge is -2.14. The number of esters is 1. The van der Waals surface area contributed by atoms with Crippen molar-refractivity contribution in [2.45, 2.75) is 13.8 Å². The summed E-state index contributed by atoms with van der Waals surface area (Å²) in [4.78, 5) is 33.0. The number of ether oxygens (including phenoxy) is 3. The van der Waals surface area contributed by atoms with Gasteiger partial charge in [0.05, 0.1) is 18.9 Å². The Morgan fingerprint density at radius 2 is 2.18 bits per heavy atom. The topological polar surface area (TPSA) is 123 Å². The molecule has 1 aliphatic rings. The van der Waals surface area contributed by atoms with Crippen LogP contribution in [0.5, 0.6) is 5.75 Å². The summed E-state index contributed by atoms with van der Waals surface area (Å²) in [5.41, 5.74) is 2.52. The van der Waals surface area contributed by atoms with E-state index >= 15 is 0 Å². The van der Waals surface area contributed by atoms with Crippen molar-refractivity contribution in [2.24, 2.45) is 0 Å². The first-order chi connectivity index (χ1) is 16.0. The molecule has 2 aromatic heterocycles. The van der Waals surface area contributed by atoms with Gasteiger partial charge in [-0.2, -0.15) is 0 Å². The van der Waals surface area contributed by atoms with Crippen molar-refractivity contribution in [3.05, 3.63) is 71.1 Å². The maximum atomic E-state index is 13.1. The molecule has 9 nitrogen and oxygen atoms in total. The number of Topliss-reactive ketones (excluding diaryl/α,β-unsaturated/α-hetero) is 1. The average Bonchev–Trinajstić information content (AvgIpc) is 3.35. The minimum Gasteiger partial charge on any atom is -0.489 e. The molecule has 3 aromatic rings. The molecule has 0 saturated carbocycles. The third kappa shape index (κ3) is 4.58. The van der Waals surface area contributed by atoms with E-state index in [0.29, 0.717) is 22.6 Å². The molecule has 0 spiro atoms. The van der Waals surface area contributed by atoms with Gasteiger partial charge in [0.15, 0.2) is 11.3 Å². The Kier molecular flexibility index (Phi) is 6.41. The van der Waals surface area contributed by atoms with Gasteiger partial charge >= 0.3 is 5.97 Å². The van der Waals surface area contributed by atoms with Crippen LogP contribution in [0.15, 0.2) is 59.9 Å². The zero-order valence-corrected chi connectivity index (χ0v) is 18.2.